The molecule has 0 fully saturated rings. The van der Waals surface area contributed by atoms with Crippen molar-refractivity contribution in [2.24, 2.45) is 0 Å². The molecule has 1 aromatic heterocycles. The van der Waals surface area contributed by atoms with E-state index in [-0.39, 0.29) is 36.8 Å². The molecule has 272 valence electrons. The molecule has 0 radical (unpaired) electrons. The lowest BCUT2D eigenvalue weighted by Gasteiger charge is -2.25. The Kier molecular flexibility index (Phi) is 11.3. The zero-order valence-electron chi connectivity index (χ0n) is 30.4. The highest BCUT2D eigenvalue weighted by molar-refractivity contribution is 6.03. The van der Waals surface area contributed by atoms with Crippen molar-refractivity contribution >= 4 is 29.7 Å². The number of alkyl carbamates (subject to hydrolysis) is 1. The van der Waals surface area contributed by atoms with Crippen LogP contribution in [-0.2, 0) is 31.0 Å². The van der Waals surface area contributed by atoms with Crippen molar-refractivity contribution in [3.8, 4) is 11.1 Å². The van der Waals surface area contributed by atoms with Gasteiger partial charge in [-0.2, -0.15) is 4.98 Å². The number of nitrogens with zero attached hydrogens (tertiary/aromatic N) is 3. The highest BCUT2D eigenvalue weighted by Crippen LogP contribution is 2.44. The van der Waals surface area contributed by atoms with E-state index >= 15 is 0 Å². The third-order valence-electron chi connectivity index (χ3n) is 8.52. The third kappa shape index (κ3) is 9.51. The van der Waals surface area contributed by atoms with Gasteiger partial charge in [-0.05, 0) is 72.2 Å². The maximum absolute atomic E-state index is 13.4. The van der Waals surface area contributed by atoms with E-state index in [9.17, 15) is 24.0 Å². The molecule has 0 unspecified atom stereocenters. The summed E-state index contributed by atoms with van der Waals surface area (Å²) in [6, 6.07) is 24.6. The van der Waals surface area contributed by atoms with Gasteiger partial charge in [-0.15, -0.1) is 0 Å². The van der Waals surface area contributed by atoms with Gasteiger partial charge in [0.25, 0.3) is 5.91 Å². The molecule has 2 N–H and O–H groups in total. The fourth-order valence-corrected chi connectivity index (χ4v) is 5.94. The van der Waals surface area contributed by atoms with E-state index < -0.39 is 48.3 Å². The van der Waals surface area contributed by atoms with Gasteiger partial charge >= 0.3 is 17.8 Å². The maximum Gasteiger partial charge on any atom is 0.407 e. The quantitative estimate of drug-likeness (QED) is 0.194. The Morgan fingerprint density at radius 1 is 0.846 bits per heavy atom. The molecule has 3 aromatic carbocycles. The van der Waals surface area contributed by atoms with E-state index in [2.05, 4.69) is 48.5 Å². The second-order valence-corrected chi connectivity index (χ2v) is 14.7. The first-order valence-corrected chi connectivity index (χ1v) is 17.2. The van der Waals surface area contributed by atoms with Gasteiger partial charge in [-0.3, -0.25) is 19.0 Å². The number of benzene rings is 3. The van der Waals surface area contributed by atoms with Crippen LogP contribution in [-0.4, -0.2) is 70.2 Å². The SMILES string of the molecule is CC(C)(C)OC(=O)CN(CCNC(=O)OCC1c2ccccc2-c2ccccc21)C(=O)Cn1ccc(NC(=O)c2ccc(C(C)(C)C)cc2)nc1=O. The molecule has 5 rings (SSSR count). The summed E-state index contributed by atoms with van der Waals surface area (Å²) >= 11 is 0. The summed E-state index contributed by atoms with van der Waals surface area (Å²) in [7, 11) is 0. The van der Waals surface area contributed by atoms with E-state index in [1.54, 1.807) is 32.9 Å². The topological polar surface area (TPSA) is 149 Å². The largest absolute Gasteiger partial charge is 0.459 e. The lowest BCUT2D eigenvalue weighted by Crippen LogP contribution is -2.45. The van der Waals surface area contributed by atoms with E-state index in [1.807, 2.05) is 48.5 Å². The number of nitrogens with one attached hydrogen (secondary N) is 2. The summed E-state index contributed by atoms with van der Waals surface area (Å²) in [5.74, 6) is -1.76. The van der Waals surface area contributed by atoms with Crippen molar-refractivity contribution in [2.75, 3.05) is 31.6 Å². The molecule has 0 spiro atoms. The van der Waals surface area contributed by atoms with E-state index in [1.165, 1.54) is 17.2 Å². The average Bonchev–Trinajstić information content (AvgIpc) is 3.40. The molecule has 0 saturated carbocycles. The lowest BCUT2D eigenvalue weighted by atomic mass is 9.87. The molecule has 0 saturated heterocycles. The predicted molar refractivity (Wildman–Crippen MR) is 197 cm³/mol. The Morgan fingerprint density at radius 3 is 2.04 bits per heavy atom. The summed E-state index contributed by atoms with van der Waals surface area (Å²) in [6.07, 6.45) is 0.668. The van der Waals surface area contributed by atoms with Crippen molar-refractivity contribution in [1.29, 1.82) is 0 Å². The monoisotopic (exact) mass is 707 g/mol. The number of hydrogen-bond donors (Lipinski definition) is 2. The molecule has 4 aromatic rings. The zero-order valence-corrected chi connectivity index (χ0v) is 30.4. The summed E-state index contributed by atoms with van der Waals surface area (Å²) in [4.78, 5) is 69.7. The van der Waals surface area contributed by atoms with Gasteiger partial charge < -0.3 is 25.0 Å². The fourth-order valence-electron chi connectivity index (χ4n) is 5.94. The van der Waals surface area contributed by atoms with Crippen LogP contribution >= 0.6 is 0 Å². The molecule has 52 heavy (non-hydrogen) atoms. The van der Waals surface area contributed by atoms with Gasteiger partial charge in [0.15, 0.2) is 0 Å². The molecule has 12 nitrogen and oxygen atoms in total. The molecule has 0 atom stereocenters. The van der Waals surface area contributed by atoms with Crippen LogP contribution in [0.1, 0.15) is 74.5 Å². The first kappa shape index (κ1) is 37.5. The standard InChI is InChI=1S/C40H45N5O7/c1-39(2,3)27-17-15-26(16-18-27)36(48)42-33-19-21-45(37(49)43-33)23-34(46)44(24-35(47)52-40(4,5)6)22-20-41-38(50)51-25-32-30-13-9-7-11-28(30)29-12-8-10-14-31(29)32/h7-19,21,32H,20,22-25H2,1-6H3,(H,41,50)(H,42,43,48,49). The maximum atomic E-state index is 13.4. The number of esters is 1. The van der Waals surface area contributed by atoms with Crippen molar-refractivity contribution in [2.45, 2.75) is 65.0 Å². The van der Waals surface area contributed by atoms with Gasteiger partial charge in [0, 0.05) is 30.8 Å². The third-order valence-corrected chi connectivity index (χ3v) is 8.52. The molecule has 1 aliphatic carbocycles. The molecular formula is C40H45N5O7. The Balaban J connectivity index is 1.18. The minimum Gasteiger partial charge on any atom is -0.459 e. The van der Waals surface area contributed by atoms with Gasteiger partial charge in [-0.1, -0.05) is 81.4 Å². The highest BCUT2D eigenvalue weighted by Gasteiger charge is 2.29. The zero-order chi connectivity index (χ0) is 37.6. The van der Waals surface area contributed by atoms with Gasteiger partial charge in [0.2, 0.25) is 5.91 Å². The van der Waals surface area contributed by atoms with Gasteiger partial charge in [0.05, 0.1) is 0 Å². The molecular weight excluding hydrogens is 662 g/mol. The fraction of sp³-hybridized carbons (Fsp3) is 0.350. The molecule has 1 heterocycles. The Labute approximate surface area is 303 Å². The van der Waals surface area contributed by atoms with E-state index in [0.29, 0.717) is 5.56 Å². The summed E-state index contributed by atoms with van der Waals surface area (Å²) in [5, 5.41) is 5.27. The number of hydrogen-bond acceptors (Lipinski definition) is 8. The Hall–Kier alpha value is -5.78. The summed E-state index contributed by atoms with van der Waals surface area (Å²) < 4.78 is 12.1. The first-order valence-electron chi connectivity index (χ1n) is 17.2. The smallest absolute Gasteiger partial charge is 0.407 e. The molecule has 12 heteroatoms. The van der Waals surface area contributed by atoms with E-state index in [0.717, 1.165) is 32.4 Å². The van der Waals surface area contributed by atoms with Crippen LogP contribution in [0.3, 0.4) is 0 Å². The Bertz CT molecular complexity index is 1960. The van der Waals surface area contributed by atoms with Gasteiger partial charge in [0.1, 0.15) is 31.1 Å². The lowest BCUT2D eigenvalue weighted by molar-refractivity contribution is -0.159. The van der Waals surface area contributed by atoms with Crippen LogP contribution in [0.4, 0.5) is 10.6 Å². The van der Waals surface area contributed by atoms with Crippen LogP contribution in [0.5, 0.6) is 0 Å². The highest BCUT2D eigenvalue weighted by atomic mass is 16.6. The summed E-state index contributed by atoms with van der Waals surface area (Å²) in [6.45, 7) is 10.5. The average molecular weight is 708 g/mol. The minimum atomic E-state index is -0.791. The van der Waals surface area contributed by atoms with Crippen molar-refractivity contribution < 1.29 is 28.7 Å². The second-order valence-electron chi connectivity index (χ2n) is 14.7. The molecule has 0 aliphatic heterocycles. The van der Waals surface area contributed by atoms with Crippen LogP contribution in [0, 0.1) is 0 Å². The van der Waals surface area contributed by atoms with Crippen LogP contribution in [0.2, 0.25) is 0 Å². The molecule has 1 aliphatic rings. The number of aromatic nitrogens is 2. The van der Waals surface area contributed by atoms with Crippen LogP contribution < -0.4 is 16.3 Å². The predicted octanol–water partition coefficient (Wildman–Crippen LogP) is 5.50. The summed E-state index contributed by atoms with van der Waals surface area (Å²) in [5.41, 5.74) is 4.22. The molecule has 3 amide bonds. The number of rotatable bonds is 11. The number of amides is 3. The minimum absolute atomic E-state index is 0.0245. The van der Waals surface area contributed by atoms with Crippen molar-refractivity contribution in [3.05, 3.63) is 118 Å². The van der Waals surface area contributed by atoms with Crippen molar-refractivity contribution in [1.82, 2.24) is 19.8 Å². The first-order chi connectivity index (χ1) is 24.6. The normalized spacial score (nSPS) is 12.3. The van der Waals surface area contributed by atoms with Gasteiger partial charge in [-0.25, -0.2) is 9.59 Å². The van der Waals surface area contributed by atoms with Crippen molar-refractivity contribution in [3.63, 3.8) is 0 Å². The number of ether oxygens (including phenoxy) is 2. The van der Waals surface area contributed by atoms with Crippen LogP contribution in [0.15, 0.2) is 89.9 Å². The number of carbonyl (C=O) groups is 4. The number of fused-ring (bicyclic) bond motifs is 3. The Morgan fingerprint density at radius 2 is 1.46 bits per heavy atom. The number of anilines is 1. The second kappa shape index (κ2) is 15.6. The molecule has 0 bridgehead atoms. The van der Waals surface area contributed by atoms with E-state index in [4.69, 9.17) is 9.47 Å². The number of carbonyl (C=O) groups excluding carboxylic acids is 4. The van der Waals surface area contributed by atoms with Crippen LogP contribution in [0.25, 0.3) is 11.1 Å².